The van der Waals surface area contributed by atoms with Crippen molar-refractivity contribution >= 4 is 21.5 Å². The molecule has 39 heavy (non-hydrogen) atoms. The smallest absolute Gasteiger partial charge is 0.242 e. The molecule has 200 valence electrons. The molecule has 3 aromatic rings. The first kappa shape index (κ1) is 28.0. The molecule has 4 rings (SSSR count). The number of nitrogens with zero attached hydrogens (tertiary/aromatic N) is 5. The van der Waals surface area contributed by atoms with E-state index in [2.05, 4.69) is 4.99 Å². The van der Waals surface area contributed by atoms with E-state index in [4.69, 9.17) is 0 Å². The first-order chi connectivity index (χ1) is 18.7. The topological polar surface area (TPSA) is 121 Å². The maximum absolute atomic E-state index is 12.4. The molecule has 0 saturated carbocycles. The Morgan fingerprint density at radius 2 is 1.41 bits per heavy atom. The van der Waals surface area contributed by atoms with Gasteiger partial charge in [-0.25, -0.2) is 17.7 Å². The Balaban J connectivity index is 1.62. The molecule has 0 spiro atoms. The fourth-order valence-electron chi connectivity index (χ4n) is 5.05. The highest BCUT2D eigenvalue weighted by molar-refractivity contribution is 7.89. The third kappa shape index (κ3) is 5.71. The molecule has 8 nitrogen and oxygen atoms in total. The quantitative estimate of drug-likeness (QED) is 0.352. The Kier molecular flexibility index (Phi) is 8.47. The first-order valence-corrected chi connectivity index (χ1v) is 14.1. The largest absolute Gasteiger partial charge is 0.380 e. The van der Waals surface area contributed by atoms with Crippen LogP contribution in [0.2, 0.25) is 0 Å². The zero-order chi connectivity index (χ0) is 28.0. The van der Waals surface area contributed by atoms with Gasteiger partial charge in [-0.1, -0.05) is 60.7 Å². The van der Waals surface area contributed by atoms with Crippen molar-refractivity contribution in [1.29, 1.82) is 10.5 Å². The van der Waals surface area contributed by atoms with Crippen LogP contribution in [0.5, 0.6) is 0 Å². The molecule has 1 aliphatic rings. The second-order valence-corrected chi connectivity index (χ2v) is 11.9. The number of hydrogen-bond donors (Lipinski definition) is 1. The Bertz CT molecular complexity index is 1430. The maximum Gasteiger partial charge on any atom is 0.242 e. The van der Waals surface area contributed by atoms with Crippen LogP contribution < -0.4 is 0 Å². The number of nitriles is 2. The van der Waals surface area contributed by atoms with Crippen molar-refractivity contribution in [1.82, 2.24) is 9.21 Å². The lowest BCUT2D eigenvalue weighted by molar-refractivity contribution is -0.00677. The molecular formula is C30H31N5O3S. The number of piperidine rings is 1. The van der Waals surface area contributed by atoms with Gasteiger partial charge in [-0.2, -0.15) is 10.5 Å². The Labute approximate surface area is 230 Å². The number of hydrogen-bond acceptors (Lipinski definition) is 6. The minimum Gasteiger partial charge on any atom is -0.380 e. The van der Waals surface area contributed by atoms with Crippen molar-refractivity contribution < 1.29 is 13.5 Å². The molecule has 0 amide bonds. The molecule has 1 aliphatic heterocycles. The number of amidine groups is 1. The molecule has 0 radical (unpaired) electrons. The molecule has 0 unspecified atom stereocenters. The summed E-state index contributed by atoms with van der Waals surface area (Å²) in [6, 6.07) is 29.4. The number of aliphatic hydroxyl groups is 1. The van der Waals surface area contributed by atoms with Crippen LogP contribution in [0, 0.1) is 34.5 Å². The molecular weight excluding hydrogens is 510 g/mol. The molecule has 0 bridgehead atoms. The molecule has 1 fully saturated rings. The summed E-state index contributed by atoms with van der Waals surface area (Å²) in [4.78, 5) is 6.68. The fourth-order valence-corrected chi connectivity index (χ4v) is 5.95. The van der Waals surface area contributed by atoms with Gasteiger partial charge in [0, 0.05) is 27.2 Å². The number of likely N-dealkylation sites (tertiary alicyclic amines) is 1. The molecule has 1 N–H and O–H groups in total. The van der Waals surface area contributed by atoms with Crippen LogP contribution in [0.25, 0.3) is 0 Å². The summed E-state index contributed by atoms with van der Waals surface area (Å²) in [6.07, 6.45) is 1.23. The highest BCUT2D eigenvalue weighted by atomic mass is 32.2. The van der Waals surface area contributed by atoms with Crippen LogP contribution in [-0.4, -0.2) is 55.7 Å². The van der Waals surface area contributed by atoms with Gasteiger partial charge < -0.3 is 10.0 Å². The normalized spacial score (nSPS) is 15.3. The minimum absolute atomic E-state index is 0.0991. The minimum atomic E-state index is -3.59. The van der Waals surface area contributed by atoms with E-state index in [0.29, 0.717) is 37.5 Å². The molecule has 3 aromatic carbocycles. The number of sulfonamides is 1. The third-order valence-corrected chi connectivity index (χ3v) is 9.04. The Morgan fingerprint density at radius 3 is 1.85 bits per heavy atom. The molecule has 1 heterocycles. The van der Waals surface area contributed by atoms with Crippen molar-refractivity contribution in [3.63, 3.8) is 0 Å². The molecule has 1 saturated heterocycles. The highest BCUT2D eigenvalue weighted by Gasteiger charge is 2.42. The van der Waals surface area contributed by atoms with Crippen molar-refractivity contribution in [3.8, 4) is 12.1 Å². The lowest BCUT2D eigenvalue weighted by atomic mass is 9.72. The summed E-state index contributed by atoms with van der Waals surface area (Å²) in [6.45, 7) is 0.997. The third-order valence-electron chi connectivity index (χ3n) is 7.21. The lowest BCUT2D eigenvalue weighted by Gasteiger charge is -2.43. The van der Waals surface area contributed by atoms with Crippen LogP contribution in [-0.2, 0) is 15.6 Å². The summed E-state index contributed by atoms with van der Waals surface area (Å²) in [7, 11) is -0.663. The van der Waals surface area contributed by atoms with Gasteiger partial charge in [-0.3, -0.25) is 0 Å². The van der Waals surface area contributed by atoms with E-state index < -0.39 is 21.5 Å². The average molecular weight is 542 g/mol. The second kappa shape index (κ2) is 11.8. The van der Waals surface area contributed by atoms with E-state index >= 15 is 0 Å². The second-order valence-electron chi connectivity index (χ2n) is 9.70. The summed E-state index contributed by atoms with van der Waals surface area (Å²) >= 11 is 0. The summed E-state index contributed by atoms with van der Waals surface area (Å²) in [5.41, 5.74) is 0.903. The van der Waals surface area contributed by atoms with E-state index in [0.717, 1.165) is 15.4 Å². The molecule has 9 heteroatoms. The van der Waals surface area contributed by atoms with Gasteiger partial charge in [0.15, 0.2) is 5.92 Å². The first-order valence-electron chi connectivity index (χ1n) is 12.7. The maximum atomic E-state index is 12.4. The van der Waals surface area contributed by atoms with Gasteiger partial charge in [0.2, 0.25) is 10.0 Å². The van der Waals surface area contributed by atoms with Crippen molar-refractivity contribution in [2.45, 2.75) is 23.3 Å². The van der Waals surface area contributed by atoms with Crippen LogP contribution >= 0.6 is 0 Å². The fraction of sp³-hybridized carbons (Fsp3) is 0.300. The van der Waals surface area contributed by atoms with Crippen LogP contribution in [0.3, 0.4) is 0 Å². The van der Waals surface area contributed by atoms with Gasteiger partial charge in [0.25, 0.3) is 0 Å². The number of aliphatic imine (C=N–C) groups is 1. The lowest BCUT2D eigenvalue weighted by Crippen LogP contribution is -2.47. The molecule has 0 aliphatic carbocycles. The standard InChI is InChI=1S/C30H31N5O3S/c1-34(2)39(37,38)28-15-13-27(14-16-28)33-29(23(21-31)22-32)35-19-17-26(18-20-35)30(36,24-9-5-3-6-10-24)25-11-7-4-8-12-25/h3-16,23,26,36H,17-20H2,1-2H3. The summed E-state index contributed by atoms with van der Waals surface area (Å²) in [5, 5.41) is 31.5. The van der Waals surface area contributed by atoms with Gasteiger partial charge in [-0.05, 0) is 54.2 Å². The van der Waals surface area contributed by atoms with Gasteiger partial charge in [-0.15, -0.1) is 0 Å². The zero-order valence-electron chi connectivity index (χ0n) is 22.0. The Morgan fingerprint density at radius 1 is 0.923 bits per heavy atom. The van der Waals surface area contributed by atoms with Crippen molar-refractivity contribution in [2.75, 3.05) is 27.2 Å². The van der Waals surface area contributed by atoms with E-state index in [9.17, 15) is 24.0 Å². The predicted octanol–water partition coefficient (Wildman–Crippen LogP) is 4.28. The van der Waals surface area contributed by atoms with Crippen LogP contribution in [0.15, 0.2) is 94.8 Å². The predicted molar refractivity (Wildman–Crippen MR) is 149 cm³/mol. The summed E-state index contributed by atoms with van der Waals surface area (Å²) in [5.74, 6) is -0.864. The molecule has 0 atom stereocenters. The summed E-state index contributed by atoms with van der Waals surface area (Å²) < 4.78 is 25.9. The van der Waals surface area contributed by atoms with Crippen molar-refractivity contribution in [2.24, 2.45) is 16.8 Å². The van der Waals surface area contributed by atoms with Gasteiger partial charge >= 0.3 is 0 Å². The zero-order valence-corrected chi connectivity index (χ0v) is 22.8. The van der Waals surface area contributed by atoms with Gasteiger partial charge in [0.05, 0.1) is 22.7 Å². The van der Waals surface area contributed by atoms with Crippen LogP contribution in [0.1, 0.15) is 24.0 Å². The van der Waals surface area contributed by atoms with E-state index in [1.54, 1.807) is 12.1 Å². The average Bonchev–Trinajstić information content (AvgIpc) is 2.98. The monoisotopic (exact) mass is 541 g/mol. The number of rotatable bonds is 7. The van der Waals surface area contributed by atoms with E-state index in [1.165, 1.54) is 26.2 Å². The highest BCUT2D eigenvalue weighted by Crippen LogP contribution is 2.42. The van der Waals surface area contributed by atoms with Crippen molar-refractivity contribution in [3.05, 3.63) is 96.1 Å². The van der Waals surface area contributed by atoms with Gasteiger partial charge in [0.1, 0.15) is 11.4 Å². The van der Waals surface area contributed by atoms with E-state index in [-0.39, 0.29) is 10.8 Å². The SMILES string of the molecule is CN(C)S(=O)(=O)c1ccc(N=C(C(C#N)C#N)N2CCC(C(O)(c3ccccc3)c3ccccc3)CC2)cc1. The Hall–Kier alpha value is -4.02. The number of benzene rings is 3. The molecule has 0 aromatic heterocycles. The van der Waals surface area contributed by atoms with E-state index in [1.807, 2.05) is 77.7 Å². The van der Waals surface area contributed by atoms with Crippen LogP contribution in [0.4, 0.5) is 5.69 Å².